The lowest BCUT2D eigenvalue weighted by atomic mass is 10.1. The maximum Gasteiger partial charge on any atom is 0.293 e. The van der Waals surface area contributed by atoms with Crippen molar-refractivity contribution < 1.29 is 28.7 Å². The molecule has 2 atom stereocenters. The Morgan fingerprint density at radius 2 is 1.01 bits per heavy atom. The third kappa shape index (κ3) is 10.6. The maximum atomic E-state index is 13.5. The minimum atomic E-state index is -0.971. The second-order valence-corrected chi connectivity index (χ2v) is 16.2. The fraction of sp³-hybridized carbons (Fsp3) is 0.292. The van der Waals surface area contributed by atoms with E-state index in [1.165, 1.54) is 19.4 Å². The maximum absolute atomic E-state index is 13.5. The van der Waals surface area contributed by atoms with Crippen LogP contribution in [-0.2, 0) is 22.7 Å². The van der Waals surface area contributed by atoms with E-state index in [1.807, 2.05) is 84.9 Å². The number of anilines is 2. The summed E-state index contributed by atoms with van der Waals surface area (Å²) in [6.07, 6.45) is 0. The summed E-state index contributed by atoms with van der Waals surface area (Å²) in [6.45, 7) is 4.98. The third-order valence-corrected chi connectivity index (χ3v) is 11.5. The van der Waals surface area contributed by atoms with Crippen LogP contribution in [0.3, 0.4) is 0 Å². The molecule has 2 N–H and O–H groups in total. The Morgan fingerprint density at radius 3 is 1.43 bits per heavy atom. The van der Waals surface area contributed by atoms with Crippen molar-refractivity contribution in [1.82, 2.24) is 60.8 Å². The van der Waals surface area contributed by atoms with Gasteiger partial charge in [-0.3, -0.25) is 29.0 Å². The molecule has 3 aliphatic rings. The van der Waals surface area contributed by atoms with E-state index in [0.717, 1.165) is 48.4 Å². The van der Waals surface area contributed by atoms with Gasteiger partial charge in [0.15, 0.2) is 0 Å². The first-order valence-electron chi connectivity index (χ1n) is 21.9. The van der Waals surface area contributed by atoms with Gasteiger partial charge in [0, 0.05) is 51.4 Å². The van der Waals surface area contributed by atoms with E-state index < -0.39 is 23.9 Å². The average Bonchev–Trinajstić information content (AvgIpc) is 4.00. The molecule has 0 spiro atoms. The zero-order valence-corrected chi connectivity index (χ0v) is 37.3. The Hall–Kier alpha value is -8.46. The van der Waals surface area contributed by atoms with Gasteiger partial charge in [0.05, 0.1) is 37.6 Å². The number of aromatic nitrogens is 8. The summed E-state index contributed by atoms with van der Waals surface area (Å²) in [6, 6.07) is 28.0. The van der Waals surface area contributed by atoms with E-state index in [2.05, 4.69) is 74.9 Å². The number of likely N-dealkylation sites (N-methyl/N-ethyl adjacent to an activating group) is 2. The quantitative estimate of drug-likeness (QED) is 0.185. The second kappa shape index (κ2) is 20.4. The highest BCUT2D eigenvalue weighted by molar-refractivity contribution is 6.03. The average molecular weight is 915 g/mol. The molecule has 3 aliphatic heterocycles. The van der Waals surface area contributed by atoms with Gasteiger partial charge in [-0.1, -0.05) is 84.3 Å². The number of carbonyl (C=O) groups excluding carboxylic acids is 4. The molecule has 4 amide bonds. The highest BCUT2D eigenvalue weighted by atomic mass is 16.5. The highest BCUT2D eigenvalue weighted by Gasteiger charge is 2.33. The normalized spacial score (nSPS) is 17.1. The molecule has 0 unspecified atom stereocenters. The first-order chi connectivity index (χ1) is 33.1. The molecular formula is C48H46N14O6. The molecule has 2 aromatic heterocycles. The molecule has 20 nitrogen and oxygen atoms in total. The molecule has 6 aromatic rings. The van der Waals surface area contributed by atoms with Crippen molar-refractivity contribution in [3.63, 3.8) is 0 Å². The zero-order valence-electron chi connectivity index (χ0n) is 37.3. The van der Waals surface area contributed by atoms with Crippen LogP contribution in [0.2, 0.25) is 0 Å². The van der Waals surface area contributed by atoms with Crippen LogP contribution in [0.15, 0.2) is 97.1 Å². The molecule has 0 aliphatic carbocycles. The number of nitrogens with one attached hydrogen (secondary N) is 2. The van der Waals surface area contributed by atoms with E-state index in [4.69, 9.17) is 9.47 Å². The number of benzene rings is 4. The molecule has 9 rings (SSSR count). The van der Waals surface area contributed by atoms with Crippen molar-refractivity contribution in [3.05, 3.63) is 131 Å². The summed E-state index contributed by atoms with van der Waals surface area (Å²) < 4.78 is 11.9. The Morgan fingerprint density at radius 1 is 0.603 bits per heavy atom. The van der Waals surface area contributed by atoms with Gasteiger partial charge in [-0.2, -0.15) is 9.59 Å². The van der Waals surface area contributed by atoms with Gasteiger partial charge < -0.3 is 29.9 Å². The minimum absolute atomic E-state index is 0.0707. The zero-order chi connectivity index (χ0) is 47.0. The van der Waals surface area contributed by atoms with Crippen LogP contribution in [0.25, 0.3) is 0 Å². The van der Waals surface area contributed by atoms with Gasteiger partial charge in [0.2, 0.25) is 0 Å². The molecule has 0 saturated carbocycles. The van der Waals surface area contributed by atoms with E-state index in [0.29, 0.717) is 49.1 Å². The first-order valence-corrected chi connectivity index (χ1v) is 21.9. The Kier molecular flexibility index (Phi) is 13.4. The third-order valence-electron chi connectivity index (χ3n) is 11.5. The Balaban J connectivity index is 0.723. The summed E-state index contributed by atoms with van der Waals surface area (Å²) in [4.78, 5) is 63.1. The number of fused-ring (bicyclic) bond motifs is 2. The van der Waals surface area contributed by atoms with Crippen molar-refractivity contribution in [3.8, 4) is 35.2 Å². The van der Waals surface area contributed by atoms with Crippen LogP contribution >= 0.6 is 0 Å². The predicted molar refractivity (Wildman–Crippen MR) is 247 cm³/mol. The first kappa shape index (κ1) is 44.7. The lowest BCUT2D eigenvalue weighted by molar-refractivity contribution is -0.121. The lowest BCUT2D eigenvalue weighted by Crippen LogP contribution is -2.49. The molecule has 5 heterocycles. The summed E-state index contributed by atoms with van der Waals surface area (Å²) in [7, 11) is 3.27. The number of hydrogen-bond donors (Lipinski definition) is 2. The topological polar surface area (TPSA) is 211 Å². The number of nitrogens with zero attached hydrogens (tertiary/aromatic N) is 12. The van der Waals surface area contributed by atoms with E-state index in [-0.39, 0.29) is 36.7 Å². The number of hydrogen-bond acceptors (Lipinski definition) is 14. The largest absolute Gasteiger partial charge is 0.489 e. The molecule has 1 saturated heterocycles. The molecule has 0 bridgehead atoms. The SMILES string of the molecule is CN1C(=O)[C@@H](NC(=O)c2nnn(Cc3ccccc3)n2)COc2ccc(C#CCN3CCN(CC#Cc4ccc5c(c4)N(C)C(=O)[C@@H](NC(=O)c4nnn(Cc6ccccc6)n4)CO5)CC3)cc21. The molecule has 20 heteroatoms. The van der Waals surface area contributed by atoms with Gasteiger partial charge in [0.25, 0.3) is 35.3 Å². The van der Waals surface area contributed by atoms with Crippen molar-refractivity contribution in [2.75, 3.05) is 76.4 Å². The van der Waals surface area contributed by atoms with Crippen LogP contribution in [0, 0.1) is 23.7 Å². The lowest BCUT2D eigenvalue weighted by Gasteiger charge is -2.32. The van der Waals surface area contributed by atoms with Crippen LogP contribution in [0.5, 0.6) is 11.5 Å². The summed E-state index contributed by atoms with van der Waals surface area (Å²) >= 11 is 0. The van der Waals surface area contributed by atoms with Crippen molar-refractivity contribution >= 4 is 35.0 Å². The van der Waals surface area contributed by atoms with Crippen LogP contribution < -0.4 is 29.9 Å². The van der Waals surface area contributed by atoms with Crippen LogP contribution in [0.1, 0.15) is 43.5 Å². The molecule has 1 fully saturated rings. The second-order valence-electron chi connectivity index (χ2n) is 16.2. The number of rotatable bonds is 10. The van der Waals surface area contributed by atoms with Crippen molar-refractivity contribution in [2.45, 2.75) is 25.2 Å². The number of amides is 4. The fourth-order valence-corrected chi connectivity index (χ4v) is 7.71. The number of carbonyl (C=O) groups is 4. The molecule has 344 valence electrons. The van der Waals surface area contributed by atoms with Crippen molar-refractivity contribution in [2.24, 2.45) is 0 Å². The molecule has 68 heavy (non-hydrogen) atoms. The summed E-state index contributed by atoms with van der Waals surface area (Å²) in [5, 5.41) is 29.4. The van der Waals surface area contributed by atoms with Gasteiger partial charge >= 0.3 is 0 Å². The minimum Gasteiger partial charge on any atom is -0.489 e. The number of piperazine rings is 1. The number of tetrazole rings is 2. The summed E-state index contributed by atoms with van der Waals surface area (Å²) in [5.41, 5.74) is 4.45. The van der Waals surface area contributed by atoms with Gasteiger partial charge in [0.1, 0.15) is 36.8 Å². The fourth-order valence-electron chi connectivity index (χ4n) is 7.71. The van der Waals surface area contributed by atoms with E-state index >= 15 is 0 Å². The van der Waals surface area contributed by atoms with Gasteiger partial charge in [-0.05, 0) is 58.0 Å². The van der Waals surface area contributed by atoms with Crippen LogP contribution in [0.4, 0.5) is 11.4 Å². The smallest absolute Gasteiger partial charge is 0.293 e. The van der Waals surface area contributed by atoms with E-state index in [1.54, 1.807) is 26.2 Å². The monoisotopic (exact) mass is 914 g/mol. The van der Waals surface area contributed by atoms with Crippen LogP contribution in [-0.4, -0.2) is 153 Å². The predicted octanol–water partition coefficient (Wildman–Crippen LogP) is 1.08. The van der Waals surface area contributed by atoms with Gasteiger partial charge in [-0.15, -0.1) is 20.4 Å². The molecular weight excluding hydrogens is 869 g/mol. The van der Waals surface area contributed by atoms with Crippen molar-refractivity contribution in [1.29, 1.82) is 0 Å². The summed E-state index contributed by atoms with van der Waals surface area (Å²) in [5.74, 6) is 11.7. The Labute approximate surface area is 391 Å². The van der Waals surface area contributed by atoms with E-state index in [9.17, 15) is 19.2 Å². The molecule has 4 aromatic carbocycles. The standard InChI is InChI=1S/C48H46N14O6/c1-57-39-27-33(17-19-41(39)67-31-37(47(57)65)49-45(63)43-51-55-61(53-43)29-35-11-5-3-6-12-35)15-9-21-59-23-25-60(26-24-59)22-10-16-34-18-20-42-40(28-34)58(2)48(66)38(32-68-42)50-46(64)44-52-56-62(54-44)30-36-13-7-4-8-14-36/h3-8,11-14,17-20,27-28,37-38H,21-26,29-32H2,1-2H3,(H,49,63)(H,50,64)/t37-,38-/m0/s1. The Bertz CT molecular complexity index is 2750. The highest BCUT2D eigenvalue weighted by Crippen LogP contribution is 2.33. The molecule has 0 radical (unpaired) electrons. The van der Waals surface area contributed by atoms with Gasteiger partial charge in [-0.25, -0.2) is 0 Å². The number of ether oxygens (including phenoxy) is 2.